The van der Waals surface area contributed by atoms with Gasteiger partial charge in [0.1, 0.15) is 5.83 Å². The summed E-state index contributed by atoms with van der Waals surface area (Å²) in [5.41, 5.74) is 6.21. The van der Waals surface area contributed by atoms with Crippen molar-refractivity contribution < 1.29 is 4.39 Å². The van der Waals surface area contributed by atoms with Crippen LogP contribution in [0.15, 0.2) is 33.0 Å². The Morgan fingerprint density at radius 2 is 2.33 bits per heavy atom. The van der Waals surface area contributed by atoms with Gasteiger partial charge in [-0.05, 0) is 50.4 Å². The van der Waals surface area contributed by atoms with Gasteiger partial charge in [-0.1, -0.05) is 6.08 Å². The summed E-state index contributed by atoms with van der Waals surface area (Å²) in [6.45, 7) is 0. The van der Waals surface area contributed by atoms with Crippen molar-refractivity contribution >= 4 is 31.9 Å². The van der Waals surface area contributed by atoms with Gasteiger partial charge in [0.2, 0.25) is 0 Å². The summed E-state index contributed by atoms with van der Waals surface area (Å²) >= 11 is 6.32. The average molecular weight is 297 g/mol. The first-order chi connectivity index (χ1) is 5.61. The van der Waals surface area contributed by atoms with E-state index in [1.807, 2.05) is 0 Å². The first-order valence-corrected chi connectivity index (χ1v) is 5.04. The van der Waals surface area contributed by atoms with Gasteiger partial charge in [-0.15, -0.1) is 0 Å². The Balaban J connectivity index is 2.97. The molecule has 12 heavy (non-hydrogen) atoms. The smallest absolute Gasteiger partial charge is 0.127 e. The largest absolute Gasteiger partial charge is 0.324 e. The summed E-state index contributed by atoms with van der Waals surface area (Å²) in [6.07, 6.45) is 5.51. The minimum absolute atomic E-state index is 0.236. The molecule has 2 N–H and O–H groups in total. The van der Waals surface area contributed by atoms with Gasteiger partial charge >= 0.3 is 0 Å². The van der Waals surface area contributed by atoms with Crippen molar-refractivity contribution in [3.05, 3.63) is 33.0 Å². The second kappa shape index (κ2) is 4.35. The van der Waals surface area contributed by atoms with Crippen LogP contribution in [0.5, 0.6) is 0 Å². The fourth-order valence-electron chi connectivity index (χ4n) is 1.01. The number of nitrogens with two attached hydrogens (primary N) is 1. The monoisotopic (exact) mass is 295 g/mol. The number of hydrogen-bond acceptors (Lipinski definition) is 1. The molecule has 0 bridgehead atoms. The number of rotatable bonds is 1. The summed E-state index contributed by atoms with van der Waals surface area (Å²) in [5.74, 6) is -0.259. The molecule has 0 spiro atoms. The van der Waals surface area contributed by atoms with E-state index in [-0.39, 0.29) is 11.9 Å². The zero-order valence-corrected chi connectivity index (χ0v) is 9.40. The normalized spacial score (nSPS) is 22.8. The van der Waals surface area contributed by atoms with E-state index < -0.39 is 0 Å². The first-order valence-electron chi connectivity index (χ1n) is 3.45. The van der Waals surface area contributed by atoms with Crippen LogP contribution in [-0.2, 0) is 0 Å². The zero-order valence-electron chi connectivity index (χ0n) is 6.23. The van der Waals surface area contributed by atoms with Crippen LogP contribution >= 0.6 is 31.9 Å². The summed E-state index contributed by atoms with van der Waals surface area (Å²) < 4.78 is 13.8. The lowest BCUT2D eigenvalue weighted by Gasteiger charge is -2.14. The van der Waals surface area contributed by atoms with Crippen molar-refractivity contribution in [1.29, 1.82) is 0 Å². The maximum Gasteiger partial charge on any atom is 0.127 e. The van der Waals surface area contributed by atoms with Crippen LogP contribution in [0.3, 0.4) is 0 Å². The second-order valence-corrected chi connectivity index (χ2v) is 5.25. The maximum absolute atomic E-state index is 13.1. The molecule has 0 aromatic rings. The highest BCUT2D eigenvalue weighted by atomic mass is 79.9. The van der Waals surface area contributed by atoms with Gasteiger partial charge in [0.15, 0.2) is 0 Å². The van der Waals surface area contributed by atoms with Crippen LogP contribution in [0.2, 0.25) is 0 Å². The third-order valence-corrected chi connectivity index (χ3v) is 2.05. The van der Waals surface area contributed by atoms with Gasteiger partial charge in [-0.25, -0.2) is 4.39 Å². The second-order valence-electron chi connectivity index (χ2n) is 2.48. The van der Waals surface area contributed by atoms with Gasteiger partial charge in [0.05, 0.1) is 3.39 Å². The molecule has 0 saturated heterocycles. The molecule has 0 radical (unpaired) electrons. The molecule has 0 aromatic carbocycles. The van der Waals surface area contributed by atoms with E-state index in [0.29, 0.717) is 15.4 Å². The Labute approximate surface area is 87.5 Å². The van der Waals surface area contributed by atoms with E-state index in [1.165, 1.54) is 6.08 Å². The summed E-state index contributed by atoms with van der Waals surface area (Å²) in [5, 5.41) is 0. The molecule has 1 aliphatic rings. The third kappa shape index (κ3) is 2.54. The van der Waals surface area contributed by atoms with Crippen molar-refractivity contribution in [2.75, 3.05) is 0 Å². The van der Waals surface area contributed by atoms with Gasteiger partial charge < -0.3 is 5.73 Å². The van der Waals surface area contributed by atoms with Crippen LogP contribution in [0.25, 0.3) is 0 Å². The van der Waals surface area contributed by atoms with Gasteiger partial charge in [-0.2, -0.15) is 0 Å². The number of halogens is 3. The van der Waals surface area contributed by atoms with Crippen molar-refractivity contribution in [2.24, 2.45) is 5.73 Å². The molecule has 1 atom stereocenters. The fourth-order valence-corrected chi connectivity index (χ4v) is 1.51. The topological polar surface area (TPSA) is 26.0 Å². The van der Waals surface area contributed by atoms with Crippen molar-refractivity contribution in [3.63, 3.8) is 0 Å². The van der Waals surface area contributed by atoms with Gasteiger partial charge in [-0.3, -0.25) is 0 Å². The van der Waals surface area contributed by atoms with E-state index >= 15 is 0 Å². The lowest BCUT2D eigenvalue weighted by atomic mass is 9.99. The number of allylic oxidation sites excluding steroid dienone is 2. The molecular weight excluding hydrogens is 289 g/mol. The average Bonchev–Trinajstić information content (AvgIpc) is 1.97. The summed E-state index contributed by atoms with van der Waals surface area (Å²) in [4.78, 5) is 0. The van der Waals surface area contributed by atoms with Crippen LogP contribution in [0, 0.1) is 0 Å². The standard InChI is InChI=1S/C8H8Br2FN/c9-8(10)4-5-6(11)2-1-3-7(5)12/h1-2,4,7H,3,12H2. The Morgan fingerprint density at radius 1 is 1.67 bits per heavy atom. The molecule has 0 saturated carbocycles. The third-order valence-electron chi connectivity index (χ3n) is 1.59. The Kier molecular flexibility index (Phi) is 3.68. The molecule has 66 valence electrons. The van der Waals surface area contributed by atoms with Crippen molar-refractivity contribution in [1.82, 2.24) is 0 Å². The highest BCUT2D eigenvalue weighted by molar-refractivity contribution is 9.28. The zero-order chi connectivity index (χ0) is 9.14. The van der Waals surface area contributed by atoms with E-state index in [1.54, 1.807) is 12.2 Å². The summed E-state index contributed by atoms with van der Waals surface area (Å²) in [6, 6.07) is -0.236. The summed E-state index contributed by atoms with van der Waals surface area (Å²) in [7, 11) is 0. The lowest BCUT2D eigenvalue weighted by Crippen LogP contribution is -2.23. The highest BCUT2D eigenvalue weighted by Gasteiger charge is 2.14. The SMILES string of the molecule is NC1CC=CC(F)=C1C=C(Br)Br. The molecule has 0 heterocycles. The molecule has 0 amide bonds. The quantitative estimate of drug-likeness (QED) is 0.790. The maximum atomic E-state index is 13.1. The van der Waals surface area contributed by atoms with E-state index in [4.69, 9.17) is 5.73 Å². The molecule has 0 fully saturated rings. The predicted molar refractivity (Wildman–Crippen MR) is 55.8 cm³/mol. The number of hydrogen-bond donors (Lipinski definition) is 1. The van der Waals surface area contributed by atoms with E-state index in [2.05, 4.69) is 31.9 Å². The minimum atomic E-state index is -0.259. The van der Waals surface area contributed by atoms with E-state index in [0.717, 1.165) is 0 Å². The van der Waals surface area contributed by atoms with Crippen LogP contribution in [0.4, 0.5) is 4.39 Å². The highest BCUT2D eigenvalue weighted by Crippen LogP contribution is 2.25. The van der Waals surface area contributed by atoms with Crippen LogP contribution in [0.1, 0.15) is 6.42 Å². The molecule has 0 aromatic heterocycles. The fraction of sp³-hybridized carbons (Fsp3) is 0.250. The molecular formula is C8H8Br2FN. The van der Waals surface area contributed by atoms with Crippen LogP contribution in [-0.4, -0.2) is 6.04 Å². The first kappa shape index (κ1) is 10.2. The molecule has 1 nitrogen and oxygen atoms in total. The van der Waals surface area contributed by atoms with Crippen molar-refractivity contribution in [3.8, 4) is 0 Å². The Hall–Kier alpha value is 0.0700. The Morgan fingerprint density at radius 3 is 2.83 bits per heavy atom. The van der Waals surface area contributed by atoms with Crippen LogP contribution < -0.4 is 5.73 Å². The van der Waals surface area contributed by atoms with Gasteiger partial charge in [0, 0.05) is 11.6 Å². The lowest BCUT2D eigenvalue weighted by molar-refractivity contribution is 0.623. The Bertz CT molecular complexity index is 264. The molecule has 4 heteroatoms. The predicted octanol–water partition coefficient (Wildman–Crippen LogP) is 3.13. The molecule has 1 unspecified atom stereocenters. The molecule has 0 aliphatic heterocycles. The van der Waals surface area contributed by atoms with E-state index in [9.17, 15) is 4.39 Å². The van der Waals surface area contributed by atoms with Gasteiger partial charge in [0.25, 0.3) is 0 Å². The van der Waals surface area contributed by atoms with Crippen molar-refractivity contribution in [2.45, 2.75) is 12.5 Å². The molecule has 1 rings (SSSR count). The minimum Gasteiger partial charge on any atom is -0.324 e. The molecule has 1 aliphatic carbocycles.